The van der Waals surface area contributed by atoms with Gasteiger partial charge in [-0.15, -0.1) is 0 Å². The monoisotopic (exact) mass is 377 g/mol. The van der Waals surface area contributed by atoms with E-state index in [1.54, 1.807) is 44.1 Å². The van der Waals surface area contributed by atoms with Gasteiger partial charge in [-0.3, -0.25) is 4.79 Å². The molecule has 150 valence electrons. The molecule has 2 amide bonds. The zero-order chi connectivity index (χ0) is 20.0. The van der Waals surface area contributed by atoms with E-state index in [0.717, 1.165) is 0 Å². The Hall–Kier alpha value is -2.38. The predicted molar refractivity (Wildman–Crippen MR) is 103 cm³/mol. The average molecular weight is 377 g/mol. The molecular formula is C19H31N5O3. The summed E-state index contributed by atoms with van der Waals surface area (Å²) in [6.07, 6.45) is 3.44. The van der Waals surface area contributed by atoms with Crippen LogP contribution in [0.5, 0.6) is 0 Å². The molecule has 1 aromatic heterocycles. The third kappa shape index (κ3) is 6.69. The molecule has 1 aromatic rings. The van der Waals surface area contributed by atoms with Gasteiger partial charge in [-0.1, -0.05) is 13.8 Å². The second-order valence-corrected chi connectivity index (χ2v) is 8.19. The number of aromatic nitrogens is 2. The van der Waals surface area contributed by atoms with Crippen molar-refractivity contribution in [3.8, 4) is 0 Å². The van der Waals surface area contributed by atoms with Gasteiger partial charge in [0.05, 0.1) is 0 Å². The maximum absolute atomic E-state index is 13.0. The molecule has 1 fully saturated rings. The summed E-state index contributed by atoms with van der Waals surface area (Å²) in [5, 5.41) is 2.75. The Kier molecular flexibility index (Phi) is 6.98. The molecule has 1 aliphatic heterocycles. The molecule has 1 atom stereocenters. The van der Waals surface area contributed by atoms with Crippen molar-refractivity contribution in [2.75, 3.05) is 31.1 Å². The van der Waals surface area contributed by atoms with E-state index in [4.69, 9.17) is 4.74 Å². The van der Waals surface area contributed by atoms with E-state index >= 15 is 0 Å². The van der Waals surface area contributed by atoms with Gasteiger partial charge < -0.3 is 19.9 Å². The normalized spacial score (nSPS) is 16.2. The summed E-state index contributed by atoms with van der Waals surface area (Å²) in [6.45, 7) is 11.9. The fourth-order valence-corrected chi connectivity index (χ4v) is 2.94. The number of hydrogen-bond acceptors (Lipinski definition) is 6. The second kappa shape index (κ2) is 9.01. The van der Waals surface area contributed by atoms with Crippen LogP contribution in [0, 0.1) is 5.92 Å². The van der Waals surface area contributed by atoms with Crippen LogP contribution in [0.1, 0.15) is 41.0 Å². The molecule has 27 heavy (non-hydrogen) atoms. The van der Waals surface area contributed by atoms with Crippen molar-refractivity contribution in [2.45, 2.75) is 52.7 Å². The van der Waals surface area contributed by atoms with Gasteiger partial charge in [0.1, 0.15) is 11.6 Å². The lowest BCUT2D eigenvalue weighted by Gasteiger charge is -2.36. The van der Waals surface area contributed by atoms with E-state index in [2.05, 4.69) is 20.2 Å². The first kappa shape index (κ1) is 20.9. The van der Waals surface area contributed by atoms with Crippen LogP contribution in [0.25, 0.3) is 0 Å². The summed E-state index contributed by atoms with van der Waals surface area (Å²) in [5.41, 5.74) is -0.600. The van der Waals surface area contributed by atoms with Crippen LogP contribution in [-0.2, 0) is 9.53 Å². The lowest BCUT2D eigenvalue weighted by atomic mass is 10.0. The summed E-state index contributed by atoms with van der Waals surface area (Å²) >= 11 is 0. The standard InChI is InChI=1S/C19H31N5O3/c1-14(2)13-15(22-18(26)27-19(3,4)5)16(25)23-9-11-24(12-10-23)17-20-7-6-8-21-17/h6-8,14-15H,9-13H2,1-5H3,(H,22,26). The Morgan fingerprint density at radius 1 is 1.15 bits per heavy atom. The minimum atomic E-state index is -0.600. The maximum atomic E-state index is 13.0. The Morgan fingerprint density at radius 2 is 1.74 bits per heavy atom. The summed E-state index contributed by atoms with van der Waals surface area (Å²) in [5.74, 6) is 0.881. The number of piperazine rings is 1. The number of rotatable bonds is 5. The molecule has 0 saturated carbocycles. The zero-order valence-corrected chi connectivity index (χ0v) is 16.9. The van der Waals surface area contributed by atoms with Crippen molar-refractivity contribution in [3.05, 3.63) is 18.5 Å². The smallest absolute Gasteiger partial charge is 0.408 e. The van der Waals surface area contributed by atoms with Crippen molar-refractivity contribution < 1.29 is 14.3 Å². The number of anilines is 1. The molecule has 8 heteroatoms. The fourth-order valence-electron chi connectivity index (χ4n) is 2.94. The summed E-state index contributed by atoms with van der Waals surface area (Å²) in [4.78, 5) is 37.5. The quantitative estimate of drug-likeness (QED) is 0.845. The lowest BCUT2D eigenvalue weighted by molar-refractivity contribution is -0.134. The number of nitrogens with one attached hydrogen (secondary N) is 1. The van der Waals surface area contributed by atoms with E-state index in [9.17, 15) is 9.59 Å². The van der Waals surface area contributed by atoms with Crippen LogP contribution in [0.15, 0.2) is 18.5 Å². The van der Waals surface area contributed by atoms with Gasteiger partial charge in [0.15, 0.2) is 0 Å². The first-order valence-corrected chi connectivity index (χ1v) is 9.46. The third-order valence-corrected chi connectivity index (χ3v) is 4.12. The number of carbonyl (C=O) groups excluding carboxylic acids is 2. The van der Waals surface area contributed by atoms with E-state index in [1.807, 2.05) is 13.8 Å². The Bertz CT molecular complexity index is 622. The number of amides is 2. The predicted octanol–water partition coefficient (Wildman–Crippen LogP) is 2.06. The van der Waals surface area contributed by atoms with Crippen molar-refractivity contribution in [1.29, 1.82) is 0 Å². The summed E-state index contributed by atoms with van der Waals surface area (Å²) in [6, 6.07) is 1.20. The summed E-state index contributed by atoms with van der Waals surface area (Å²) in [7, 11) is 0. The Morgan fingerprint density at radius 3 is 2.26 bits per heavy atom. The van der Waals surface area contributed by atoms with Crippen molar-refractivity contribution in [3.63, 3.8) is 0 Å². The minimum Gasteiger partial charge on any atom is -0.444 e. The molecule has 1 unspecified atom stereocenters. The van der Waals surface area contributed by atoms with Gasteiger partial charge in [-0.25, -0.2) is 14.8 Å². The molecule has 1 N–H and O–H groups in total. The molecule has 2 heterocycles. The number of carbonyl (C=O) groups is 2. The van der Waals surface area contributed by atoms with Gasteiger partial charge in [0.25, 0.3) is 0 Å². The van der Waals surface area contributed by atoms with Crippen LogP contribution < -0.4 is 10.2 Å². The number of ether oxygens (including phenoxy) is 1. The zero-order valence-electron chi connectivity index (χ0n) is 16.9. The second-order valence-electron chi connectivity index (χ2n) is 8.19. The van der Waals surface area contributed by atoms with Crippen LogP contribution >= 0.6 is 0 Å². The molecule has 0 aliphatic carbocycles. The minimum absolute atomic E-state index is 0.0665. The lowest BCUT2D eigenvalue weighted by Crippen LogP contribution is -2.56. The van der Waals surface area contributed by atoms with Crippen LogP contribution in [0.2, 0.25) is 0 Å². The molecule has 0 spiro atoms. The van der Waals surface area contributed by atoms with E-state index < -0.39 is 17.7 Å². The van der Waals surface area contributed by atoms with Crippen LogP contribution in [0.3, 0.4) is 0 Å². The number of alkyl carbamates (subject to hydrolysis) is 1. The van der Waals surface area contributed by atoms with Gasteiger partial charge in [-0.05, 0) is 39.2 Å². The highest BCUT2D eigenvalue weighted by molar-refractivity contribution is 5.86. The fraction of sp³-hybridized carbons (Fsp3) is 0.684. The Labute approximate surface area is 161 Å². The molecule has 0 bridgehead atoms. The van der Waals surface area contributed by atoms with Gasteiger partial charge in [-0.2, -0.15) is 0 Å². The highest BCUT2D eigenvalue weighted by Gasteiger charge is 2.31. The number of hydrogen-bond donors (Lipinski definition) is 1. The molecule has 2 rings (SSSR count). The first-order valence-electron chi connectivity index (χ1n) is 9.46. The van der Waals surface area contributed by atoms with Crippen LogP contribution in [0.4, 0.5) is 10.7 Å². The van der Waals surface area contributed by atoms with Crippen molar-refractivity contribution >= 4 is 17.9 Å². The van der Waals surface area contributed by atoms with Crippen LogP contribution in [-0.4, -0.2) is 64.7 Å². The third-order valence-electron chi connectivity index (χ3n) is 4.12. The number of nitrogens with zero attached hydrogens (tertiary/aromatic N) is 4. The molecule has 1 aliphatic rings. The molecule has 8 nitrogen and oxygen atoms in total. The molecule has 0 radical (unpaired) electrons. The summed E-state index contributed by atoms with van der Waals surface area (Å²) < 4.78 is 5.32. The van der Waals surface area contributed by atoms with E-state index in [-0.39, 0.29) is 11.8 Å². The average Bonchev–Trinajstić information content (AvgIpc) is 2.59. The van der Waals surface area contributed by atoms with Crippen molar-refractivity contribution in [1.82, 2.24) is 20.2 Å². The largest absolute Gasteiger partial charge is 0.444 e. The maximum Gasteiger partial charge on any atom is 0.408 e. The topological polar surface area (TPSA) is 87.7 Å². The van der Waals surface area contributed by atoms with Gasteiger partial charge in [0.2, 0.25) is 11.9 Å². The molecule has 0 aromatic carbocycles. The highest BCUT2D eigenvalue weighted by atomic mass is 16.6. The first-order chi connectivity index (χ1) is 12.7. The molecular weight excluding hydrogens is 346 g/mol. The van der Waals surface area contributed by atoms with E-state index in [1.165, 1.54) is 0 Å². The highest BCUT2D eigenvalue weighted by Crippen LogP contribution is 2.14. The SMILES string of the molecule is CC(C)CC(NC(=O)OC(C)(C)C)C(=O)N1CCN(c2ncccn2)CC1. The van der Waals surface area contributed by atoms with Gasteiger partial charge in [0, 0.05) is 38.6 Å². The Balaban J connectivity index is 1.96. The molecule has 1 saturated heterocycles. The van der Waals surface area contributed by atoms with Crippen molar-refractivity contribution in [2.24, 2.45) is 5.92 Å². The van der Waals surface area contributed by atoms with Gasteiger partial charge >= 0.3 is 6.09 Å². The van der Waals surface area contributed by atoms with E-state index in [0.29, 0.717) is 38.5 Å².